The number of aryl methyl sites for hydroxylation is 1. The van der Waals surface area contributed by atoms with Gasteiger partial charge >= 0.3 is 0 Å². The largest absolute Gasteiger partial charge is 0.346 e. The fourth-order valence-electron chi connectivity index (χ4n) is 4.00. The van der Waals surface area contributed by atoms with Crippen LogP contribution in [0.5, 0.6) is 0 Å². The molecule has 0 spiro atoms. The summed E-state index contributed by atoms with van der Waals surface area (Å²) in [6, 6.07) is 4.16. The minimum atomic E-state index is -3.48. The number of hydrogen-bond acceptors (Lipinski definition) is 6. The van der Waals surface area contributed by atoms with Crippen LogP contribution in [-0.2, 0) is 9.84 Å². The number of aromatic amines is 1. The van der Waals surface area contributed by atoms with Gasteiger partial charge in [0.15, 0.2) is 0 Å². The van der Waals surface area contributed by atoms with E-state index in [0.717, 1.165) is 54.7 Å². The molecule has 9 heteroatoms. The van der Waals surface area contributed by atoms with Gasteiger partial charge in [0.05, 0.1) is 17.3 Å². The number of piperidine rings is 1. The van der Waals surface area contributed by atoms with Crippen LogP contribution in [0.25, 0.3) is 22.1 Å². The highest BCUT2D eigenvalue weighted by atomic mass is 32.2. The molecule has 1 saturated heterocycles. The third-order valence-electron chi connectivity index (χ3n) is 5.27. The molecule has 27 heavy (non-hydrogen) atoms. The Kier molecular flexibility index (Phi) is 4.40. The third-order valence-corrected chi connectivity index (χ3v) is 6.23. The second kappa shape index (κ2) is 6.62. The number of aromatic nitrogens is 4. The van der Waals surface area contributed by atoms with Crippen molar-refractivity contribution in [2.45, 2.75) is 37.4 Å². The molecule has 0 atom stereocenters. The summed E-state index contributed by atoms with van der Waals surface area (Å²) < 4.78 is 26.9. The first-order chi connectivity index (χ1) is 12.9. The van der Waals surface area contributed by atoms with E-state index >= 15 is 0 Å². The number of nitrogens with one attached hydrogen (secondary N) is 1. The molecule has 0 bridgehead atoms. The van der Waals surface area contributed by atoms with Crippen molar-refractivity contribution in [1.29, 1.82) is 5.26 Å². The predicted molar refractivity (Wildman–Crippen MR) is 102 cm³/mol. The van der Waals surface area contributed by atoms with E-state index in [-0.39, 0.29) is 11.2 Å². The maximum absolute atomic E-state index is 12.5. The molecule has 1 aliphatic heterocycles. The van der Waals surface area contributed by atoms with Crippen molar-refractivity contribution in [3.05, 3.63) is 18.0 Å². The number of imidazole rings is 1. The zero-order valence-corrected chi connectivity index (χ0v) is 16.3. The Bertz CT molecular complexity index is 1150. The molecule has 3 aromatic rings. The van der Waals surface area contributed by atoms with Gasteiger partial charge in [-0.1, -0.05) is 0 Å². The number of likely N-dealkylation sites (tertiary alicyclic amines) is 1. The molecule has 142 valence electrons. The standard InChI is InChI=1S/C18H22N6O2S/c1-12-15-16(14-4-8-20-17(14)21-12)24(18(22-15)27(2,25)26)13-5-10-23(11-6-13)9-3-7-19/h4,8,13H,3,5-6,9-11H2,1-2H3,(H,20,21). The lowest BCUT2D eigenvalue weighted by Gasteiger charge is -2.33. The van der Waals surface area contributed by atoms with Gasteiger partial charge in [-0.2, -0.15) is 5.26 Å². The van der Waals surface area contributed by atoms with Crippen LogP contribution in [0.3, 0.4) is 0 Å². The van der Waals surface area contributed by atoms with Gasteiger partial charge in [0.1, 0.15) is 11.2 Å². The van der Waals surface area contributed by atoms with Crippen LogP contribution in [-0.4, -0.2) is 58.7 Å². The summed E-state index contributed by atoms with van der Waals surface area (Å²) >= 11 is 0. The number of hydrogen-bond donors (Lipinski definition) is 1. The molecule has 0 amide bonds. The molecule has 0 radical (unpaired) electrons. The molecule has 4 heterocycles. The first-order valence-corrected chi connectivity index (χ1v) is 10.9. The lowest BCUT2D eigenvalue weighted by atomic mass is 10.0. The molecule has 0 unspecified atom stereocenters. The summed E-state index contributed by atoms with van der Waals surface area (Å²) in [7, 11) is -3.48. The van der Waals surface area contributed by atoms with E-state index in [9.17, 15) is 8.42 Å². The first kappa shape index (κ1) is 17.9. The SMILES string of the molecule is Cc1nc2[nH]ccc2c2c1nc(S(C)(=O)=O)n2C1CCN(CCC#N)CC1. The summed E-state index contributed by atoms with van der Waals surface area (Å²) in [6.07, 6.45) is 5.20. The van der Waals surface area contributed by atoms with Gasteiger partial charge in [-0.25, -0.2) is 18.4 Å². The zero-order chi connectivity index (χ0) is 19.2. The van der Waals surface area contributed by atoms with E-state index in [1.54, 1.807) is 0 Å². The van der Waals surface area contributed by atoms with E-state index in [1.807, 2.05) is 23.8 Å². The monoisotopic (exact) mass is 386 g/mol. The summed E-state index contributed by atoms with van der Waals surface area (Å²) in [4.78, 5) is 14.4. The van der Waals surface area contributed by atoms with Gasteiger partial charge in [-0.05, 0) is 25.8 Å². The Hall–Kier alpha value is -2.44. The zero-order valence-electron chi connectivity index (χ0n) is 15.4. The molecule has 1 aliphatic rings. The van der Waals surface area contributed by atoms with Crippen LogP contribution in [0, 0.1) is 18.3 Å². The van der Waals surface area contributed by atoms with Crippen molar-refractivity contribution >= 4 is 31.9 Å². The van der Waals surface area contributed by atoms with Crippen LogP contribution in [0.2, 0.25) is 0 Å². The fraction of sp³-hybridized carbons (Fsp3) is 0.500. The average Bonchev–Trinajstić information content (AvgIpc) is 3.24. The number of rotatable bonds is 4. The summed E-state index contributed by atoms with van der Waals surface area (Å²) in [5, 5.41) is 9.80. The van der Waals surface area contributed by atoms with Crippen LogP contribution >= 0.6 is 0 Å². The summed E-state index contributed by atoms with van der Waals surface area (Å²) in [5.74, 6) is 0. The number of pyridine rings is 1. The molecular formula is C18H22N6O2S. The van der Waals surface area contributed by atoms with Gasteiger partial charge in [0, 0.05) is 49.9 Å². The van der Waals surface area contributed by atoms with Gasteiger partial charge < -0.3 is 14.5 Å². The van der Waals surface area contributed by atoms with Crippen molar-refractivity contribution in [3.63, 3.8) is 0 Å². The van der Waals surface area contributed by atoms with Crippen LogP contribution in [0.15, 0.2) is 17.4 Å². The molecule has 1 fully saturated rings. The van der Waals surface area contributed by atoms with Crippen molar-refractivity contribution < 1.29 is 8.42 Å². The van der Waals surface area contributed by atoms with Gasteiger partial charge in [0.2, 0.25) is 15.0 Å². The summed E-state index contributed by atoms with van der Waals surface area (Å²) in [6.45, 7) is 4.31. The number of fused-ring (bicyclic) bond motifs is 3. The molecule has 0 aliphatic carbocycles. The van der Waals surface area contributed by atoms with Crippen LogP contribution in [0.1, 0.15) is 31.0 Å². The second-order valence-corrected chi connectivity index (χ2v) is 9.06. The Morgan fingerprint density at radius 1 is 1.33 bits per heavy atom. The van der Waals surface area contributed by atoms with E-state index in [1.165, 1.54) is 6.26 Å². The van der Waals surface area contributed by atoms with Crippen LogP contribution < -0.4 is 0 Å². The van der Waals surface area contributed by atoms with E-state index < -0.39 is 9.84 Å². The normalized spacial score (nSPS) is 16.9. The fourth-order valence-corrected chi connectivity index (χ4v) is 4.85. The number of H-pyrrole nitrogens is 1. The van der Waals surface area contributed by atoms with E-state index in [4.69, 9.17) is 5.26 Å². The van der Waals surface area contributed by atoms with E-state index in [2.05, 4.69) is 25.9 Å². The highest BCUT2D eigenvalue weighted by Gasteiger charge is 2.30. The second-order valence-electron chi connectivity index (χ2n) is 7.15. The van der Waals surface area contributed by atoms with Crippen molar-refractivity contribution in [2.75, 3.05) is 25.9 Å². The average molecular weight is 386 g/mol. The molecule has 0 saturated carbocycles. The summed E-state index contributed by atoms with van der Waals surface area (Å²) in [5.41, 5.74) is 2.95. The van der Waals surface area contributed by atoms with E-state index in [0.29, 0.717) is 11.9 Å². The highest BCUT2D eigenvalue weighted by Crippen LogP contribution is 2.34. The van der Waals surface area contributed by atoms with Crippen molar-refractivity contribution in [1.82, 2.24) is 24.4 Å². The Labute approximate surface area is 157 Å². The molecule has 0 aromatic carbocycles. The molecule has 3 aromatic heterocycles. The maximum Gasteiger partial charge on any atom is 0.228 e. The van der Waals surface area contributed by atoms with Crippen molar-refractivity contribution in [3.8, 4) is 6.07 Å². The topological polar surface area (TPSA) is 108 Å². The Balaban J connectivity index is 1.85. The first-order valence-electron chi connectivity index (χ1n) is 9.05. The molecule has 1 N–H and O–H groups in total. The minimum absolute atomic E-state index is 0.0537. The van der Waals surface area contributed by atoms with Gasteiger partial charge in [-0.15, -0.1) is 0 Å². The van der Waals surface area contributed by atoms with Gasteiger partial charge in [-0.3, -0.25) is 0 Å². The molecule has 4 rings (SSSR count). The molecule has 8 nitrogen and oxygen atoms in total. The Morgan fingerprint density at radius 2 is 2.07 bits per heavy atom. The predicted octanol–water partition coefficient (Wildman–Crippen LogP) is 2.18. The Morgan fingerprint density at radius 3 is 2.74 bits per heavy atom. The smallest absolute Gasteiger partial charge is 0.228 e. The maximum atomic E-state index is 12.5. The number of sulfone groups is 1. The quantitative estimate of drug-likeness (QED) is 0.736. The molecular weight excluding hydrogens is 364 g/mol. The van der Waals surface area contributed by atoms with Gasteiger partial charge in [0.25, 0.3) is 0 Å². The highest BCUT2D eigenvalue weighted by molar-refractivity contribution is 7.90. The van der Waals surface area contributed by atoms with Crippen LogP contribution in [0.4, 0.5) is 0 Å². The minimum Gasteiger partial charge on any atom is -0.346 e. The number of nitriles is 1. The number of nitrogens with zero attached hydrogens (tertiary/aromatic N) is 5. The van der Waals surface area contributed by atoms with Crippen molar-refractivity contribution in [2.24, 2.45) is 0 Å². The third kappa shape index (κ3) is 3.09. The lowest BCUT2D eigenvalue weighted by Crippen LogP contribution is -2.35. The lowest BCUT2D eigenvalue weighted by molar-refractivity contribution is 0.187.